The number of carbonyl (C=O) groups excluding carboxylic acids is 2. The molecule has 7 heteroatoms. The van der Waals surface area contributed by atoms with E-state index in [4.69, 9.17) is 4.74 Å². The first-order chi connectivity index (χ1) is 14.0. The van der Waals surface area contributed by atoms with Crippen LogP contribution < -0.4 is 5.32 Å². The van der Waals surface area contributed by atoms with Crippen LogP contribution >= 0.6 is 0 Å². The van der Waals surface area contributed by atoms with Gasteiger partial charge >= 0.3 is 5.97 Å². The summed E-state index contributed by atoms with van der Waals surface area (Å²) < 4.78 is 5.37. The van der Waals surface area contributed by atoms with Crippen molar-refractivity contribution in [1.82, 2.24) is 4.90 Å². The molecule has 2 aromatic carbocycles. The van der Waals surface area contributed by atoms with E-state index in [2.05, 4.69) is 5.32 Å². The fourth-order valence-corrected chi connectivity index (χ4v) is 3.20. The van der Waals surface area contributed by atoms with Gasteiger partial charge in [-0.3, -0.25) is 9.59 Å². The largest absolute Gasteiger partial charge is 0.480 e. The van der Waals surface area contributed by atoms with Gasteiger partial charge in [-0.15, -0.1) is 0 Å². The summed E-state index contributed by atoms with van der Waals surface area (Å²) in [6, 6.07) is 14.7. The lowest BCUT2D eigenvalue weighted by Crippen LogP contribution is -2.42. The van der Waals surface area contributed by atoms with Crippen LogP contribution in [0.15, 0.2) is 54.6 Å². The number of nitrogens with zero attached hydrogens (tertiary/aromatic N) is 1. The number of nitrogens with one attached hydrogen (secondary N) is 1. The lowest BCUT2D eigenvalue weighted by Gasteiger charge is -2.27. The molecule has 0 saturated carbocycles. The van der Waals surface area contributed by atoms with E-state index < -0.39 is 24.0 Å². The summed E-state index contributed by atoms with van der Waals surface area (Å²) in [4.78, 5) is 38.2. The van der Waals surface area contributed by atoms with Crippen molar-refractivity contribution in [3.05, 3.63) is 65.7 Å². The Bertz CT molecular complexity index is 878. The molecule has 3 rings (SSSR count). The Hall–Kier alpha value is -3.19. The van der Waals surface area contributed by atoms with Crippen molar-refractivity contribution in [2.75, 3.05) is 11.9 Å². The molecule has 0 spiro atoms. The van der Waals surface area contributed by atoms with Crippen molar-refractivity contribution in [3.63, 3.8) is 0 Å². The standard InChI is InChI=1S/C22H24N2O5/c1-15(22(27)28)24(14-16-7-3-2-4-8-16)21(26)17-9-5-10-18(13-17)23-20(25)19-11-6-12-29-19/h2-5,7-10,13,15,19H,6,11-12,14H2,1H3,(H,23,25)(H,27,28). The molecule has 0 bridgehead atoms. The van der Waals surface area contributed by atoms with E-state index in [1.54, 1.807) is 24.3 Å². The maximum atomic E-state index is 13.1. The van der Waals surface area contributed by atoms with Gasteiger partial charge in [0, 0.05) is 24.4 Å². The quantitative estimate of drug-likeness (QED) is 0.750. The summed E-state index contributed by atoms with van der Waals surface area (Å²) in [5, 5.41) is 12.2. The second-order valence-electron chi connectivity index (χ2n) is 7.00. The third kappa shape index (κ3) is 5.20. The van der Waals surface area contributed by atoms with E-state index in [0.717, 1.165) is 12.0 Å². The summed E-state index contributed by atoms with van der Waals surface area (Å²) in [6.45, 7) is 2.21. The number of amides is 2. The highest BCUT2D eigenvalue weighted by atomic mass is 16.5. The zero-order valence-electron chi connectivity index (χ0n) is 16.2. The van der Waals surface area contributed by atoms with Crippen molar-refractivity contribution in [3.8, 4) is 0 Å². The molecule has 1 heterocycles. The second kappa shape index (κ2) is 9.34. The first-order valence-corrected chi connectivity index (χ1v) is 9.56. The normalized spacial score (nSPS) is 16.8. The summed E-state index contributed by atoms with van der Waals surface area (Å²) >= 11 is 0. The van der Waals surface area contributed by atoms with E-state index in [9.17, 15) is 19.5 Å². The lowest BCUT2D eigenvalue weighted by molar-refractivity contribution is -0.141. The summed E-state index contributed by atoms with van der Waals surface area (Å²) in [5.74, 6) is -1.75. The average molecular weight is 396 g/mol. The molecular weight excluding hydrogens is 372 g/mol. The minimum absolute atomic E-state index is 0.166. The number of carboxylic acid groups (broad SMARTS) is 1. The van der Waals surface area contributed by atoms with Gasteiger partial charge in [0.2, 0.25) is 0 Å². The second-order valence-corrected chi connectivity index (χ2v) is 7.00. The topological polar surface area (TPSA) is 95.9 Å². The van der Waals surface area contributed by atoms with E-state index in [0.29, 0.717) is 24.3 Å². The Labute approximate surface area is 169 Å². The van der Waals surface area contributed by atoms with Gasteiger partial charge in [0.05, 0.1) is 0 Å². The van der Waals surface area contributed by atoms with Crippen LogP contribution in [-0.2, 0) is 20.9 Å². The molecule has 29 heavy (non-hydrogen) atoms. The minimum Gasteiger partial charge on any atom is -0.480 e. The van der Waals surface area contributed by atoms with Crippen LogP contribution in [0.4, 0.5) is 5.69 Å². The number of rotatable bonds is 7. The Morgan fingerprint density at radius 1 is 1.17 bits per heavy atom. The molecule has 1 aliphatic heterocycles. The summed E-state index contributed by atoms with van der Waals surface area (Å²) in [5.41, 5.74) is 1.61. The van der Waals surface area contributed by atoms with Crippen LogP contribution in [0, 0.1) is 0 Å². The molecule has 0 radical (unpaired) electrons. The Morgan fingerprint density at radius 3 is 2.59 bits per heavy atom. The van der Waals surface area contributed by atoms with Gasteiger partial charge in [0.1, 0.15) is 12.1 Å². The van der Waals surface area contributed by atoms with Crippen LogP contribution in [0.3, 0.4) is 0 Å². The molecular formula is C22H24N2O5. The molecule has 152 valence electrons. The molecule has 2 aromatic rings. The SMILES string of the molecule is CC(C(=O)O)N(Cc1ccccc1)C(=O)c1cccc(NC(=O)C2CCCO2)c1. The van der Waals surface area contributed by atoms with Gasteiger partial charge in [-0.05, 0) is 43.5 Å². The number of carboxylic acids is 1. The third-order valence-electron chi connectivity index (χ3n) is 4.88. The van der Waals surface area contributed by atoms with Crippen molar-refractivity contribution < 1.29 is 24.2 Å². The highest BCUT2D eigenvalue weighted by Gasteiger charge is 2.27. The highest BCUT2D eigenvalue weighted by molar-refractivity contribution is 5.99. The predicted octanol–water partition coefficient (Wildman–Crippen LogP) is 2.92. The van der Waals surface area contributed by atoms with Gasteiger partial charge in [-0.1, -0.05) is 36.4 Å². The van der Waals surface area contributed by atoms with Crippen LogP contribution in [0.5, 0.6) is 0 Å². The predicted molar refractivity (Wildman–Crippen MR) is 107 cm³/mol. The molecule has 2 N–H and O–H groups in total. The van der Waals surface area contributed by atoms with Gasteiger partial charge in [0.25, 0.3) is 11.8 Å². The van der Waals surface area contributed by atoms with Crippen molar-refractivity contribution >= 4 is 23.5 Å². The molecule has 2 atom stereocenters. The van der Waals surface area contributed by atoms with E-state index in [1.165, 1.54) is 11.8 Å². The van der Waals surface area contributed by atoms with E-state index in [1.807, 2.05) is 30.3 Å². The van der Waals surface area contributed by atoms with Crippen LogP contribution in [-0.4, -0.2) is 46.5 Å². The number of aliphatic carboxylic acids is 1. The van der Waals surface area contributed by atoms with Gasteiger partial charge in [-0.2, -0.15) is 0 Å². The Kier molecular flexibility index (Phi) is 6.61. The molecule has 2 amide bonds. The van der Waals surface area contributed by atoms with Gasteiger partial charge in [-0.25, -0.2) is 4.79 Å². The molecule has 7 nitrogen and oxygen atoms in total. The molecule has 1 saturated heterocycles. The maximum absolute atomic E-state index is 13.1. The number of benzene rings is 2. The third-order valence-corrected chi connectivity index (χ3v) is 4.88. The van der Waals surface area contributed by atoms with Crippen LogP contribution in [0.1, 0.15) is 35.7 Å². The molecule has 0 aromatic heterocycles. The smallest absolute Gasteiger partial charge is 0.326 e. The molecule has 1 aliphatic rings. The number of carbonyl (C=O) groups is 3. The monoisotopic (exact) mass is 396 g/mol. The zero-order valence-corrected chi connectivity index (χ0v) is 16.2. The fourth-order valence-electron chi connectivity index (χ4n) is 3.20. The van der Waals surface area contributed by atoms with Crippen molar-refractivity contribution in [2.24, 2.45) is 0 Å². The fraction of sp³-hybridized carbons (Fsp3) is 0.318. The molecule has 2 unspecified atom stereocenters. The van der Waals surface area contributed by atoms with E-state index >= 15 is 0 Å². The van der Waals surface area contributed by atoms with Crippen molar-refractivity contribution in [1.29, 1.82) is 0 Å². The van der Waals surface area contributed by atoms with E-state index in [-0.39, 0.29) is 12.5 Å². The summed E-state index contributed by atoms with van der Waals surface area (Å²) in [6.07, 6.45) is 1.04. The Morgan fingerprint density at radius 2 is 1.93 bits per heavy atom. The number of anilines is 1. The van der Waals surface area contributed by atoms with Crippen LogP contribution in [0.2, 0.25) is 0 Å². The molecule has 0 aliphatic carbocycles. The zero-order chi connectivity index (χ0) is 20.8. The summed E-state index contributed by atoms with van der Waals surface area (Å²) in [7, 11) is 0. The van der Waals surface area contributed by atoms with Gasteiger partial charge < -0.3 is 20.1 Å². The highest BCUT2D eigenvalue weighted by Crippen LogP contribution is 2.19. The number of ether oxygens (including phenoxy) is 1. The Balaban J connectivity index is 1.79. The first kappa shape index (κ1) is 20.5. The maximum Gasteiger partial charge on any atom is 0.326 e. The first-order valence-electron chi connectivity index (χ1n) is 9.56. The van der Waals surface area contributed by atoms with Crippen LogP contribution in [0.25, 0.3) is 0 Å². The average Bonchev–Trinajstić information content (AvgIpc) is 3.27. The minimum atomic E-state index is -1.09. The number of hydrogen-bond donors (Lipinski definition) is 2. The van der Waals surface area contributed by atoms with Gasteiger partial charge in [0.15, 0.2) is 0 Å². The van der Waals surface area contributed by atoms with Crippen molar-refractivity contribution in [2.45, 2.75) is 38.5 Å². The molecule has 1 fully saturated rings. The number of hydrogen-bond acceptors (Lipinski definition) is 4. The lowest BCUT2D eigenvalue weighted by atomic mass is 10.1.